The molecule has 5 heterocycles. The number of nitrogens with zero attached hydrogens (tertiary/aromatic N) is 7. The van der Waals surface area contributed by atoms with E-state index in [0.29, 0.717) is 23.2 Å². The standard InChI is InChI=1S/C57H35N7/c1-4-10-37(11-5-1)47-31-28-41-22-23-42-29-32-48(61-54(42)53(41)60-47)38-18-16-36(17-19-38)45-24-20-39-26-30-49(58-51(39)34-45)46-25-21-40-27-33-50(59-52(40)35-46)57-63-55(43-12-6-2-7-13-43)62-56(64-57)44-14-8-3-9-15-44/h1-35H. The van der Waals surface area contributed by atoms with Crippen LogP contribution in [0.3, 0.4) is 0 Å². The zero-order valence-corrected chi connectivity index (χ0v) is 34.3. The molecule has 0 saturated carbocycles. The molecule has 0 N–H and O–H groups in total. The lowest BCUT2D eigenvalue weighted by molar-refractivity contribution is 1.06. The zero-order chi connectivity index (χ0) is 42.4. The molecule has 5 aromatic heterocycles. The molecule has 7 aromatic carbocycles. The molecule has 64 heavy (non-hydrogen) atoms. The molecule has 0 radical (unpaired) electrons. The van der Waals surface area contributed by atoms with Gasteiger partial charge in [-0.05, 0) is 47.5 Å². The average molecular weight is 818 g/mol. The minimum absolute atomic E-state index is 0.515. The van der Waals surface area contributed by atoms with E-state index >= 15 is 0 Å². The Morgan fingerprint density at radius 2 is 0.562 bits per heavy atom. The smallest absolute Gasteiger partial charge is 0.182 e. The number of pyridine rings is 4. The molecule has 0 atom stereocenters. The first-order valence-electron chi connectivity index (χ1n) is 21.2. The molecule has 0 saturated heterocycles. The third-order valence-electron chi connectivity index (χ3n) is 11.7. The van der Waals surface area contributed by atoms with Crippen molar-refractivity contribution in [2.24, 2.45) is 0 Å². The van der Waals surface area contributed by atoms with E-state index in [1.165, 1.54) is 0 Å². The highest BCUT2D eigenvalue weighted by molar-refractivity contribution is 6.04. The van der Waals surface area contributed by atoms with Crippen LogP contribution < -0.4 is 0 Å². The van der Waals surface area contributed by atoms with E-state index < -0.39 is 0 Å². The molecule has 0 bridgehead atoms. The van der Waals surface area contributed by atoms with Crippen molar-refractivity contribution in [1.29, 1.82) is 0 Å². The molecule has 12 rings (SSSR count). The van der Waals surface area contributed by atoms with Gasteiger partial charge in [-0.25, -0.2) is 34.9 Å². The fraction of sp³-hybridized carbons (Fsp3) is 0. The summed E-state index contributed by atoms with van der Waals surface area (Å²) in [6, 6.07) is 72.5. The van der Waals surface area contributed by atoms with Crippen LogP contribution >= 0.6 is 0 Å². The first-order chi connectivity index (χ1) is 31.6. The van der Waals surface area contributed by atoms with Gasteiger partial charge in [0.25, 0.3) is 0 Å². The molecular formula is C57H35N7. The van der Waals surface area contributed by atoms with Crippen LogP contribution in [0.25, 0.3) is 123 Å². The lowest BCUT2D eigenvalue weighted by Gasteiger charge is -2.10. The van der Waals surface area contributed by atoms with E-state index in [-0.39, 0.29) is 0 Å². The van der Waals surface area contributed by atoms with Crippen LogP contribution in [-0.4, -0.2) is 34.9 Å². The summed E-state index contributed by atoms with van der Waals surface area (Å²) >= 11 is 0. The second kappa shape index (κ2) is 15.6. The largest absolute Gasteiger partial charge is 0.248 e. The highest BCUT2D eigenvalue weighted by Crippen LogP contribution is 2.33. The number of benzene rings is 7. The molecule has 0 amide bonds. The van der Waals surface area contributed by atoms with Gasteiger partial charge in [-0.15, -0.1) is 0 Å². The van der Waals surface area contributed by atoms with Crippen molar-refractivity contribution < 1.29 is 0 Å². The van der Waals surface area contributed by atoms with Crippen molar-refractivity contribution in [3.05, 3.63) is 212 Å². The van der Waals surface area contributed by atoms with Crippen molar-refractivity contribution in [1.82, 2.24) is 34.9 Å². The van der Waals surface area contributed by atoms with Gasteiger partial charge in [0.15, 0.2) is 17.5 Å². The van der Waals surface area contributed by atoms with Crippen molar-refractivity contribution >= 4 is 43.6 Å². The third-order valence-corrected chi connectivity index (χ3v) is 11.7. The van der Waals surface area contributed by atoms with Crippen molar-refractivity contribution in [2.75, 3.05) is 0 Å². The SMILES string of the molecule is c1ccc(-c2ccc3ccc4ccc(-c5ccc(-c6ccc7ccc(-c8ccc9ccc(-c%10nc(-c%11ccccc%11)nc(-c%11ccccc%11)n%10)nc9c8)nc7c6)cc5)nc4c3n2)cc1. The highest BCUT2D eigenvalue weighted by Gasteiger charge is 2.15. The maximum absolute atomic E-state index is 5.18. The minimum Gasteiger partial charge on any atom is -0.248 e. The van der Waals surface area contributed by atoms with Gasteiger partial charge in [0.05, 0.1) is 39.1 Å². The van der Waals surface area contributed by atoms with Crippen LogP contribution in [0.2, 0.25) is 0 Å². The summed E-state index contributed by atoms with van der Waals surface area (Å²) in [5.41, 5.74) is 14.0. The third kappa shape index (κ3) is 6.97. The zero-order valence-electron chi connectivity index (χ0n) is 34.3. The molecule has 0 unspecified atom stereocenters. The molecule has 0 aliphatic carbocycles. The van der Waals surface area contributed by atoms with Crippen LogP contribution in [0.1, 0.15) is 0 Å². The van der Waals surface area contributed by atoms with E-state index in [4.69, 9.17) is 34.9 Å². The number of hydrogen-bond acceptors (Lipinski definition) is 7. The summed E-state index contributed by atoms with van der Waals surface area (Å²) in [4.78, 5) is 35.2. The van der Waals surface area contributed by atoms with E-state index in [2.05, 4.69) is 127 Å². The number of aromatic nitrogens is 7. The Kier molecular flexibility index (Phi) is 9.01. The summed E-state index contributed by atoms with van der Waals surface area (Å²) in [5, 5.41) is 4.22. The van der Waals surface area contributed by atoms with E-state index in [0.717, 1.165) is 99.6 Å². The van der Waals surface area contributed by atoms with Gasteiger partial charge in [-0.2, -0.15) is 0 Å². The second-order valence-electron chi connectivity index (χ2n) is 15.8. The summed E-state index contributed by atoms with van der Waals surface area (Å²) in [7, 11) is 0. The normalized spacial score (nSPS) is 11.4. The van der Waals surface area contributed by atoms with Gasteiger partial charge >= 0.3 is 0 Å². The Labute approximate surface area is 368 Å². The van der Waals surface area contributed by atoms with Gasteiger partial charge in [0.1, 0.15) is 5.69 Å². The quantitative estimate of drug-likeness (QED) is 0.148. The maximum Gasteiger partial charge on any atom is 0.182 e. The van der Waals surface area contributed by atoms with Gasteiger partial charge in [0.2, 0.25) is 0 Å². The molecule has 0 spiro atoms. The van der Waals surface area contributed by atoms with E-state index in [1.807, 2.05) is 84.9 Å². The fourth-order valence-electron chi connectivity index (χ4n) is 8.31. The van der Waals surface area contributed by atoms with Crippen LogP contribution in [0.15, 0.2) is 212 Å². The molecule has 7 heteroatoms. The van der Waals surface area contributed by atoms with E-state index in [1.54, 1.807) is 0 Å². The molecule has 0 aliphatic rings. The topological polar surface area (TPSA) is 90.2 Å². The first kappa shape index (κ1) is 37.0. The first-order valence-corrected chi connectivity index (χ1v) is 21.2. The molecule has 12 aromatic rings. The molecule has 0 aliphatic heterocycles. The minimum atomic E-state index is 0.515. The maximum atomic E-state index is 5.18. The second-order valence-corrected chi connectivity index (χ2v) is 15.8. The lowest BCUT2D eigenvalue weighted by atomic mass is 10.00. The number of hydrogen-bond donors (Lipinski definition) is 0. The molecular weight excluding hydrogens is 783 g/mol. The molecule has 7 nitrogen and oxygen atoms in total. The lowest BCUT2D eigenvalue weighted by Crippen LogP contribution is -2.01. The van der Waals surface area contributed by atoms with Crippen molar-refractivity contribution in [2.45, 2.75) is 0 Å². The van der Waals surface area contributed by atoms with Gasteiger partial charge in [0, 0.05) is 49.4 Å². The number of rotatable bonds is 7. The fourth-order valence-corrected chi connectivity index (χ4v) is 8.31. The Bertz CT molecular complexity index is 3650. The predicted molar refractivity (Wildman–Crippen MR) is 259 cm³/mol. The Hall–Kier alpha value is -8.81. The predicted octanol–water partition coefficient (Wildman–Crippen LogP) is 13.7. The summed E-state index contributed by atoms with van der Waals surface area (Å²) in [6.07, 6.45) is 0. The highest BCUT2D eigenvalue weighted by atomic mass is 15.0. The molecule has 0 fully saturated rings. The summed E-state index contributed by atoms with van der Waals surface area (Å²) in [5.74, 6) is 1.71. The monoisotopic (exact) mass is 817 g/mol. The number of fused-ring (bicyclic) bond motifs is 5. The Morgan fingerprint density at radius 1 is 0.203 bits per heavy atom. The van der Waals surface area contributed by atoms with Gasteiger partial charge in [-0.1, -0.05) is 176 Å². The van der Waals surface area contributed by atoms with Crippen LogP contribution in [0.5, 0.6) is 0 Å². The van der Waals surface area contributed by atoms with Crippen LogP contribution in [-0.2, 0) is 0 Å². The van der Waals surface area contributed by atoms with Gasteiger partial charge < -0.3 is 0 Å². The van der Waals surface area contributed by atoms with E-state index in [9.17, 15) is 0 Å². The van der Waals surface area contributed by atoms with Crippen molar-refractivity contribution in [3.63, 3.8) is 0 Å². The average Bonchev–Trinajstić information content (AvgIpc) is 3.38. The van der Waals surface area contributed by atoms with Crippen LogP contribution in [0, 0.1) is 0 Å². The summed E-state index contributed by atoms with van der Waals surface area (Å²) in [6.45, 7) is 0. The summed E-state index contributed by atoms with van der Waals surface area (Å²) < 4.78 is 0. The van der Waals surface area contributed by atoms with Crippen LogP contribution in [0.4, 0.5) is 0 Å². The Morgan fingerprint density at radius 3 is 1.12 bits per heavy atom. The van der Waals surface area contributed by atoms with Gasteiger partial charge in [-0.3, -0.25) is 0 Å². The molecule has 298 valence electrons. The Balaban J connectivity index is 0.850. The van der Waals surface area contributed by atoms with Crippen molar-refractivity contribution in [3.8, 4) is 79.2 Å².